The minimum atomic E-state index is -0.828. The number of likely N-dealkylation sites (N-methyl/N-ethyl adjacent to an activating group) is 1. The van der Waals surface area contributed by atoms with E-state index in [4.69, 9.17) is 27.9 Å². The van der Waals surface area contributed by atoms with Gasteiger partial charge in [0, 0.05) is 36.7 Å². The Bertz CT molecular complexity index is 1060. The third-order valence-electron chi connectivity index (χ3n) is 4.47. The van der Waals surface area contributed by atoms with Crippen LogP contribution in [0.2, 0.25) is 10.0 Å². The molecule has 150 valence electrons. The molecule has 0 atom stereocenters. The van der Waals surface area contributed by atoms with Crippen molar-refractivity contribution in [3.05, 3.63) is 62.4 Å². The number of carbonyl (C=O) groups excluding carboxylic acids is 1. The van der Waals surface area contributed by atoms with Gasteiger partial charge in [0.25, 0.3) is 5.91 Å². The van der Waals surface area contributed by atoms with E-state index in [1.165, 1.54) is 31.3 Å². The number of benzene rings is 2. The maximum Gasteiger partial charge on any atom is 0.268 e. The van der Waals surface area contributed by atoms with E-state index in [1.807, 2.05) is 0 Å². The van der Waals surface area contributed by atoms with Gasteiger partial charge in [0.15, 0.2) is 11.3 Å². The lowest BCUT2D eigenvalue weighted by Gasteiger charge is -2.18. The fourth-order valence-electron chi connectivity index (χ4n) is 2.93. The molecule has 0 unspecified atom stereocenters. The number of fused-ring (bicyclic) bond motifs is 1. The molecule has 0 aliphatic carbocycles. The van der Waals surface area contributed by atoms with E-state index >= 15 is 0 Å². The van der Waals surface area contributed by atoms with Crippen LogP contribution in [-0.4, -0.2) is 34.7 Å². The van der Waals surface area contributed by atoms with E-state index in [0.29, 0.717) is 18.8 Å². The maximum atomic E-state index is 14.3. The Morgan fingerprint density at radius 3 is 2.59 bits per heavy atom. The summed E-state index contributed by atoms with van der Waals surface area (Å²) in [6.07, 6.45) is 0.619. The molecule has 9 heteroatoms. The second kappa shape index (κ2) is 8.19. The van der Waals surface area contributed by atoms with Crippen molar-refractivity contribution in [1.82, 2.24) is 4.90 Å². The summed E-state index contributed by atoms with van der Waals surface area (Å²) in [7, 11) is 1.37. The second-order valence-corrected chi connectivity index (χ2v) is 7.25. The van der Waals surface area contributed by atoms with Crippen LogP contribution in [0.1, 0.15) is 16.7 Å². The van der Waals surface area contributed by atoms with Gasteiger partial charge in [-0.1, -0.05) is 23.2 Å². The summed E-state index contributed by atoms with van der Waals surface area (Å²) in [5.41, 5.74) is 0.377. The zero-order valence-electron chi connectivity index (χ0n) is 15.2. The van der Waals surface area contributed by atoms with Crippen LogP contribution in [0.15, 0.2) is 29.8 Å². The predicted molar refractivity (Wildman–Crippen MR) is 105 cm³/mol. The van der Waals surface area contributed by atoms with Gasteiger partial charge in [0.1, 0.15) is 23.4 Å². The van der Waals surface area contributed by atoms with Crippen LogP contribution in [0.5, 0.6) is 11.5 Å². The first-order valence-corrected chi connectivity index (χ1v) is 9.19. The first kappa shape index (κ1) is 20.8. The number of nitrogens with zero attached hydrogens (tertiary/aromatic N) is 2. The molecule has 0 saturated carbocycles. The quantitative estimate of drug-likeness (QED) is 0.424. The molecule has 1 aliphatic heterocycles. The number of ether oxygens (including phenoxy) is 1. The van der Waals surface area contributed by atoms with E-state index in [1.54, 1.807) is 6.07 Å². The molecular formula is C20H15Cl2FN2O4. The molecule has 0 aromatic heterocycles. The van der Waals surface area contributed by atoms with Crippen molar-refractivity contribution in [2.24, 2.45) is 0 Å². The zero-order chi connectivity index (χ0) is 21.3. The molecule has 0 fully saturated rings. The normalized spacial score (nSPS) is 13.2. The van der Waals surface area contributed by atoms with Crippen LogP contribution in [0.4, 0.5) is 4.39 Å². The van der Waals surface area contributed by atoms with E-state index in [9.17, 15) is 24.7 Å². The first-order valence-electron chi connectivity index (χ1n) is 8.44. The molecule has 3 rings (SSSR count). The van der Waals surface area contributed by atoms with Gasteiger partial charge >= 0.3 is 0 Å². The molecular weight excluding hydrogens is 422 g/mol. The third kappa shape index (κ3) is 4.09. The number of phenols is 1. The van der Waals surface area contributed by atoms with Crippen LogP contribution in [0.3, 0.4) is 0 Å². The lowest BCUT2D eigenvalue weighted by molar-refractivity contribution is -0.126. The number of halogens is 3. The fraction of sp³-hybridized carbons (Fsp3) is 0.200. The number of rotatable bonds is 4. The van der Waals surface area contributed by atoms with Crippen LogP contribution in [0.25, 0.3) is 5.76 Å². The average molecular weight is 437 g/mol. The van der Waals surface area contributed by atoms with Gasteiger partial charge < -0.3 is 19.8 Å². The predicted octanol–water partition coefficient (Wildman–Crippen LogP) is 4.22. The third-order valence-corrected chi connectivity index (χ3v) is 5.04. The minimum Gasteiger partial charge on any atom is -0.506 e. The first-order chi connectivity index (χ1) is 13.7. The molecule has 0 saturated heterocycles. The Morgan fingerprint density at radius 2 is 1.97 bits per heavy atom. The number of hydrogen-bond acceptors (Lipinski definition) is 5. The largest absolute Gasteiger partial charge is 0.506 e. The minimum absolute atomic E-state index is 0.0202. The van der Waals surface area contributed by atoms with E-state index < -0.39 is 23.1 Å². The van der Waals surface area contributed by atoms with Crippen molar-refractivity contribution < 1.29 is 24.1 Å². The molecule has 29 heavy (non-hydrogen) atoms. The van der Waals surface area contributed by atoms with Crippen LogP contribution in [-0.2, 0) is 17.8 Å². The van der Waals surface area contributed by atoms with Crippen molar-refractivity contribution >= 4 is 34.9 Å². The van der Waals surface area contributed by atoms with Crippen molar-refractivity contribution in [3.63, 3.8) is 0 Å². The molecule has 2 aromatic rings. The van der Waals surface area contributed by atoms with Crippen molar-refractivity contribution in [1.29, 1.82) is 5.26 Å². The van der Waals surface area contributed by atoms with E-state index in [0.717, 1.165) is 10.5 Å². The maximum absolute atomic E-state index is 14.3. The molecule has 0 spiro atoms. The lowest BCUT2D eigenvalue weighted by atomic mass is 10.1. The number of aliphatic hydroxyl groups is 1. The van der Waals surface area contributed by atoms with Crippen LogP contribution >= 0.6 is 23.2 Å². The molecule has 0 bridgehead atoms. The molecule has 1 aliphatic rings. The summed E-state index contributed by atoms with van der Waals surface area (Å²) >= 11 is 11.6. The molecule has 1 heterocycles. The number of amides is 1. The van der Waals surface area contributed by atoms with Gasteiger partial charge in [0.05, 0.1) is 16.7 Å². The highest BCUT2D eigenvalue weighted by atomic mass is 35.5. The van der Waals surface area contributed by atoms with E-state index in [2.05, 4.69) is 0 Å². The Labute approximate surface area is 176 Å². The number of phenolic OH excluding ortho intramolecular Hbond substituents is 1. The van der Waals surface area contributed by atoms with Gasteiger partial charge in [-0.05, 0) is 24.3 Å². The Hall–Kier alpha value is -2.95. The topological polar surface area (TPSA) is 93.8 Å². The zero-order valence-corrected chi connectivity index (χ0v) is 16.7. The van der Waals surface area contributed by atoms with Crippen LogP contribution < -0.4 is 4.74 Å². The molecule has 2 aromatic carbocycles. The van der Waals surface area contributed by atoms with Crippen molar-refractivity contribution in [2.45, 2.75) is 13.0 Å². The SMILES string of the molecule is CN(Cc1cc2c(cc1F)CCO2)C(=O)/C(C#N)=C(\O)c1cc(Cl)c(O)c(Cl)c1. The van der Waals surface area contributed by atoms with Crippen molar-refractivity contribution in [3.8, 4) is 17.6 Å². The fourth-order valence-corrected chi connectivity index (χ4v) is 3.41. The lowest BCUT2D eigenvalue weighted by Crippen LogP contribution is -2.28. The highest BCUT2D eigenvalue weighted by molar-refractivity contribution is 6.37. The number of carbonyl (C=O) groups is 1. The second-order valence-electron chi connectivity index (χ2n) is 6.43. The summed E-state index contributed by atoms with van der Waals surface area (Å²) in [4.78, 5) is 13.8. The summed E-state index contributed by atoms with van der Waals surface area (Å²) < 4.78 is 19.7. The molecule has 2 N–H and O–H groups in total. The van der Waals surface area contributed by atoms with Gasteiger partial charge in [-0.2, -0.15) is 5.26 Å². The standard InChI is InChI=1S/C20H15Cl2FN2O4/c1-25(9-12-7-17-10(2-3-29-17)6-16(12)23)20(28)13(8-24)18(26)11-4-14(21)19(27)15(22)5-11/h4-7,26-27H,2-3,9H2,1H3/b18-13-. The van der Waals surface area contributed by atoms with Crippen LogP contribution in [0, 0.1) is 17.1 Å². The number of aliphatic hydroxyl groups excluding tert-OH is 1. The molecule has 6 nitrogen and oxygen atoms in total. The number of hydrogen-bond donors (Lipinski definition) is 2. The Kier molecular flexibility index (Phi) is 5.87. The van der Waals surface area contributed by atoms with E-state index in [-0.39, 0.29) is 33.5 Å². The van der Waals surface area contributed by atoms with Crippen molar-refractivity contribution in [2.75, 3.05) is 13.7 Å². The highest BCUT2D eigenvalue weighted by Gasteiger charge is 2.24. The number of aromatic hydroxyl groups is 1. The Balaban J connectivity index is 1.89. The smallest absolute Gasteiger partial charge is 0.268 e. The van der Waals surface area contributed by atoms with Gasteiger partial charge in [0.2, 0.25) is 0 Å². The Morgan fingerprint density at radius 1 is 1.31 bits per heavy atom. The average Bonchev–Trinajstić information content (AvgIpc) is 3.13. The van der Waals surface area contributed by atoms with Gasteiger partial charge in [-0.15, -0.1) is 0 Å². The molecule has 1 amide bonds. The summed E-state index contributed by atoms with van der Waals surface area (Å²) in [6, 6.07) is 6.88. The van der Waals surface area contributed by atoms with Gasteiger partial charge in [-0.3, -0.25) is 4.79 Å². The molecule has 0 radical (unpaired) electrons. The monoisotopic (exact) mass is 436 g/mol. The summed E-state index contributed by atoms with van der Waals surface area (Å²) in [5.74, 6) is -1.80. The number of nitriles is 1. The summed E-state index contributed by atoms with van der Waals surface area (Å²) in [5, 5.41) is 29.1. The summed E-state index contributed by atoms with van der Waals surface area (Å²) in [6.45, 7) is 0.330. The highest BCUT2D eigenvalue weighted by Crippen LogP contribution is 2.35. The van der Waals surface area contributed by atoms with Gasteiger partial charge in [-0.25, -0.2) is 4.39 Å².